The molecule has 0 saturated heterocycles. The number of halogens is 2. The van der Waals surface area contributed by atoms with Crippen molar-refractivity contribution in [3.8, 4) is 5.75 Å². The number of nitrogens with one attached hydrogen (secondary N) is 5. The van der Waals surface area contributed by atoms with Gasteiger partial charge in [-0.2, -0.15) is 0 Å². The molecule has 0 aliphatic heterocycles. The summed E-state index contributed by atoms with van der Waals surface area (Å²) in [6.07, 6.45) is 10.1. The molecule has 0 aromatic heterocycles. The van der Waals surface area contributed by atoms with Crippen LogP contribution in [0.15, 0.2) is 24.3 Å². The molecule has 0 saturated carbocycles. The first kappa shape index (κ1) is 27.6. The maximum atomic E-state index is 9.23. The first-order valence-corrected chi connectivity index (χ1v) is 9.31. The zero-order valence-corrected chi connectivity index (χ0v) is 17.8. The van der Waals surface area contributed by atoms with Gasteiger partial charge in [-0.3, -0.25) is 16.1 Å². The van der Waals surface area contributed by atoms with E-state index >= 15 is 0 Å². The molecule has 0 fully saturated rings. The normalized spacial score (nSPS) is 9.52. The van der Waals surface area contributed by atoms with Crippen LogP contribution in [0.3, 0.4) is 0 Å². The summed E-state index contributed by atoms with van der Waals surface area (Å²) in [5.41, 5.74) is 0.961. The quantitative estimate of drug-likeness (QED) is 0.180. The molecule has 1 aromatic carbocycles. The summed E-state index contributed by atoms with van der Waals surface area (Å²) in [5.74, 6) is 0.455. The molecule has 8 heteroatoms. The third-order valence-electron chi connectivity index (χ3n) is 3.99. The molecule has 0 amide bonds. The lowest BCUT2D eigenvalue weighted by Crippen LogP contribution is -2.45. The lowest BCUT2D eigenvalue weighted by molar-refractivity contribution is 0.475. The van der Waals surface area contributed by atoms with Crippen LogP contribution in [0.5, 0.6) is 5.75 Å². The van der Waals surface area contributed by atoms with Gasteiger partial charge in [0.15, 0.2) is 11.9 Å². The zero-order valence-electron chi connectivity index (χ0n) is 16.1. The summed E-state index contributed by atoms with van der Waals surface area (Å²) < 4.78 is 0. The number of guanidine groups is 2. The van der Waals surface area contributed by atoms with Crippen LogP contribution in [-0.4, -0.2) is 23.6 Å². The smallest absolute Gasteiger partial charge is 0.195 e. The molecule has 0 atom stereocenters. The highest BCUT2D eigenvalue weighted by Crippen LogP contribution is 2.09. The summed E-state index contributed by atoms with van der Waals surface area (Å²) in [6, 6.07) is 6.81. The summed E-state index contributed by atoms with van der Waals surface area (Å²) in [6.45, 7) is 3.46. The van der Waals surface area contributed by atoms with Gasteiger partial charge in [-0.25, -0.2) is 0 Å². The molecule has 0 aliphatic rings. The van der Waals surface area contributed by atoms with E-state index in [1.165, 1.54) is 44.9 Å². The minimum Gasteiger partial charge on any atom is -0.508 e. The molecule has 6 nitrogen and oxygen atoms in total. The van der Waals surface area contributed by atoms with Gasteiger partial charge in [0, 0.05) is 13.1 Å². The number of unbranched alkanes of at least 4 members (excludes halogenated alkanes) is 7. The van der Waals surface area contributed by atoms with Gasteiger partial charge >= 0.3 is 0 Å². The molecule has 156 valence electrons. The minimum absolute atomic E-state index is 0. The highest BCUT2D eigenvalue weighted by atomic mass is 35.5. The zero-order chi connectivity index (χ0) is 18.3. The van der Waals surface area contributed by atoms with E-state index in [1.807, 2.05) is 0 Å². The average molecular weight is 420 g/mol. The molecule has 0 spiro atoms. The fraction of sp³-hybridized carbons (Fsp3) is 0.579. The highest BCUT2D eigenvalue weighted by molar-refractivity contribution is 5.95. The predicted molar refractivity (Wildman–Crippen MR) is 119 cm³/mol. The van der Waals surface area contributed by atoms with Crippen LogP contribution in [0.2, 0.25) is 0 Å². The van der Waals surface area contributed by atoms with Crippen molar-refractivity contribution in [1.29, 1.82) is 10.8 Å². The van der Waals surface area contributed by atoms with E-state index in [4.69, 9.17) is 10.8 Å². The van der Waals surface area contributed by atoms with Gasteiger partial charge in [0.1, 0.15) is 5.75 Å². The number of aromatic hydroxyl groups is 1. The molecular weight excluding hydrogens is 385 g/mol. The van der Waals surface area contributed by atoms with Crippen molar-refractivity contribution in [2.75, 3.05) is 6.54 Å². The number of rotatable bonds is 11. The molecule has 0 radical (unpaired) electrons. The van der Waals surface area contributed by atoms with Crippen LogP contribution >= 0.6 is 24.8 Å². The first-order valence-electron chi connectivity index (χ1n) is 9.31. The maximum Gasteiger partial charge on any atom is 0.195 e. The van der Waals surface area contributed by atoms with Crippen LogP contribution < -0.4 is 16.0 Å². The van der Waals surface area contributed by atoms with E-state index in [-0.39, 0.29) is 42.5 Å². The summed E-state index contributed by atoms with van der Waals surface area (Å²) in [4.78, 5) is 0. The second-order valence-electron chi connectivity index (χ2n) is 6.30. The number of hydrogen-bond donors (Lipinski definition) is 6. The SMILES string of the molecule is CCCCCCCCCCNC(=N)NC(=N)NCc1ccc(O)cc1.Cl.Cl. The summed E-state index contributed by atoms with van der Waals surface area (Å²) >= 11 is 0. The number of hydrogen-bond acceptors (Lipinski definition) is 3. The van der Waals surface area contributed by atoms with Gasteiger partial charge in [0.2, 0.25) is 0 Å². The van der Waals surface area contributed by atoms with Crippen LogP contribution in [0.1, 0.15) is 63.9 Å². The third kappa shape index (κ3) is 15.1. The first-order chi connectivity index (χ1) is 12.1. The Hall–Kier alpha value is -1.66. The standard InChI is InChI=1S/C19H33N5O.2ClH/c1-2-3-4-5-6-7-8-9-14-22-18(20)24-19(21)23-15-16-10-12-17(25)13-11-16;;/h10-13,25H,2-9,14-15H2,1H3,(H5,20,21,22,23,24);2*1H. The van der Waals surface area contributed by atoms with E-state index in [0.717, 1.165) is 18.5 Å². The Morgan fingerprint density at radius 2 is 1.33 bits per heavy atom. The molecule has 1 rings (SSSR count). The van der Waals surface area contributed by atoms with Gasteiger partial charge in [0.25, 0.3) is 0 Å². The Kier molecular flexibility index (Phi) is 18.1. The molecule has 0 heterocycles. The molecule has 1 aromatic rings. The van der Waals surface area contributed by atoms with Crippen molar-refractivity contribution in [3.63, 3.8) is 0 Å². The van der Waals surface area contributed by atoms with Crippen molar-refractivity contribution in [2.24, 2.45) is 0 Å². The Bertz CT molecular complexity index is 511. The van der Waals surface area contributed by atoms with Gasteiger partial charge in [-0.15, -0.1) is 24.8 Å². The minimum atomic E-state index is 0. The van der Waals surface area contributed by atoms with Gasteiger partial charge in [-0.05, 0) is 24.1 Å². The van der Waals surface area contributed by atoms with Crippen molar-refractivity contribution < 1.29 is 5.11 Å². The largest absolute Gasteiger partial charge is 0.508 e. The molecular formula is C19H35Cl2N5O. The fourth-order valence-electron chi connectivity index (χ4n) is 2.49. The molecule has 6 N–H and O–H groups in total. The molecule has 0 bridgehead atoms. The number of phenolic OH excluding ortho intramolecular Hbond substituents is 1. The Morgan fingerprint density at radius 3 is 1.93 bits per heavy atom. The second kappa shape index (κ2) is 17.7. The van der Waals surface area contributed by atoms with E-state index in [9.17, 15) is 5.11 Å². The van der Waals surface area contributed by atoms with Crippen LogP contribution in [0, 0.1) is 10.8 Å². The Morgan fingerprint density at radius 1 is 0.815 bits per heavy atom. The topological polar surface area (TPSA) is 104 Å². The summed E-state index contributed by atoms with van der Waals surface area (Å²) in [5, 5.41) is 33.4. The van der Waals surface area contributed by atoms with E-state index in [0.29, 0.717) is 6.54 Å². The molecule has 0 aliphatic carbocycles. The van der Waals surface area contributed by atoms with E-state index < -0.39 is 0 Å². The van der Waals surface area contributed by atoms with Crippen molar-refractivity contribution >= 4 is 36.7 Å². The van der Waals surface area contributed by atoms with Gasteiger partial charge in [0.05, 0.1) is 0 Å². The fourth-order valence-corrected chi connectivity index (χ4v) is 2.49. The number of phenols is 1. The van der Waals surface area contributed by atoms with Crippen LogP contribution in [-0.2, 0) is 6.54 Å². The second-order valence-corrected chi connectivity index (χ2v) is 6.30. The maximum absolute atomic E-state index is 9.23. The van der Waals surface area contributed by atoms with Crippen molar-refractivity contribution in [2.45, 2.75) is 64.8 Å². The predicted octanol–water partition coefficient (Wildman–Crippen LogP) is 4.51. The van der Waals surface area contributed by atoms with Gasteiger partial charge < -0.3 is 15.7 Å². The Labute approximate surface area is 175 Å². The monoisotopic (exact) mass is 419 g/mol. The average Bonchev–Trinajstić information content (AvgIpc) is 2.60. The lowest BCUT2D eigenvalue weighted by Gasteiger charge is -2.12. The third-order valence-corrected chi connectivity index (χ3v) is 3.99. The van der Waals surface area contributed by atoms with Crippen LogP contribution in [0.4, 0.5) is 0 Å². The number of benzene rings is 1. The summed E-state index contributed by atoms with van der Waals surface area (Å²) in [7, 11) is 0. The van der Waals surface area contributed by atoms with Crippen LogP contribution in [0.25, 0.3) is 0 Å². The van der Waals surface area contributed by atoms with E-state index in [2.05, 4.69) is 22.9 Å². The molecule has 27 heavy (non-hydrogen) atoms. The highest BCUT2D eigenvalue weighted by Gasteiger charge is 2.01. The lowest BCUT2D eigenvalue weighted by atomic mass is 10.1. The van der Waals surface area contributed by atoms with Gasteiger partial charge in [-0.1, -0.05) is 64.0 Å². The molecule has 0 unspecified atom stereocenters. The van der Waals surface area contributed by atoms with E-state index in [1.54, 1.807) is 24.3 Å². The van der Waals surface area contributed by atoms with Crippen molar-refractivity contribution in [1.82, 2.24) is 16.0 Å². The van der Waals surface area contributed by atoms with Crippen molar-refractivity contribution in [3.05, 3.63) is 29.8 Å². The Balaban J connectivity index is 0.